The highest BCUT2D eigenvalue weighted by Gasteiger charge is 2.14. The summed E-state index contributed by atoms with van der Waals surface area (Å²) in [4.78, 5) is 3.78. The van der Waals surface area contributed by atoms with Gasteiger partial charge < -0.3 is 10.3 Å². The highest BCUT2D eigenvalue weighted by atomic mass is 35.5. The van der Waals surface area contributed by atoms with Gasteiger partial charge in [0.25, 0.3) is 0 Å². The highest BCUT2D eigenvalue weighted by Crippen LogP contribution is 2.21. The van der Waals surface area contributed by atoms with Gasteiger partial charge in [0, 0.05) is 5.02 Å². The number of aromatic nitrogens is 2. The minimum absolute atomic E-state index is 0.281. The predicted molar refractivity (Wildman–Crippen MR) is 51.7 cm³/mol. The van der Waals surface area contributed by atoms with Crippen molar-refractivity contribution in [3.63, 3.8) is 0 Å². The second kappa shape index (κ2) is 3.96. The van der Waals surface area contributed by atoms with E-state index in [1.165, 1.54) is 12.1 Å². The molecule has 0 radical (unpaired) electrons. The molecule has 1 heterocycles. The van der Waals surface area contributed by atoms with Crippen molar-refractivity contribution in [1.29, 1.82) is 0 Å². The van der Waals surface area contributed by atoms with E-state index in [1.54, 1.807) is 6.07 Å². The van der Waals surface area contributed by atoms with Crippen LogP contribution in [-0.2, 0) is 0 Å². The number of hydrogen-bond donors (Lipinski definition) is 1. The van der Waals surface area contributed by atoms with Crippen molar-refractivity contribution in [3.8, 4) is 0 Å². The maximum atomic E-state index is 13.0. The molecule has 15 heavy (non-hydrogen) atoms. The molecule has 0 aliphatic heterocycles. The molecule has 78 valence electrons. The maximum Gasteiger partial charge on any atom is 0.213 e. The maximum absolute atomic E-state index is 13.0. The molecule has 0 amide bonds. The SMILES string of the molecule is NC(c1cc(F)cc(Cl)c1)c1ncon1. The molecule has 2 rings (SSSR count). The van der Waals surface area contributed by atoms with Gasteiger partial charge in [0.1, 0.15) is 5.82 Å². The Hall–Kier alpha value is -1.46. The molecule has 0 spiro atoms. The standard InChI is InChI=1S/C9H7ClFN3O/c10-6-1-5(2-7(11)3-6)8(12)9-13-4-15-14-9/h1-4,8H,12H2. The second-order valence-electron chi connectivity index (χ2n) is 2.97. The van der Waals surface area contributed by atoms with E-state index in [0.717, 1.165) is 6.39 Å². The number of hydrogen-bond acceptors (Lipinski definition) is 4. The first-order valence-corrected chi connectivity index (χ1v) is 4.52. The van der Waals surface area contributed by atoms with E-state index in [-0.39, 0.29) is 10.8 Å². The van der Waals surface area contributed by atoms with Gasteiger partial charge >= 0.3 is 0 Å². The summed E-state index contributed by atoms with van der Waals surface area (Å²) in [5, 5.41) is 3.86. The molecule has 2 aromatic rings. The summed E-state index contributed by atoms with van der Waals surface area (Å²) in [7, 11) is 0. The van der Waals surface area contributed by atoms with Crippen LogP contribution >= 0.6 is 11.6 Å². The van der Waals surface area contributed by atoms with Crippen molar-refractivity contribution < 1.29 is 8.91 Å². The van der Waals surface area contributed by atoms with Crippen LogP contribution < -0.4 is 5.73 Å². The van der Waals surface area contributed by atoms with Crippen molar-refractivity contribution in [3.05, 3.63) is 46.8 Å². The summed E-state index contributed by atoms with van der Waals surface area (Å²) in [6, 6.07) is 3.41. The first-order chi connectivity index (χ1) is 7.16. The van der Waals surface area contributed by atoms with Crippen LogP contribution in [0.4, 0.5) is 4.39 Å². The molecular formula is C9H7ClFN3O. The minimum atomic E-state index is -0.642. The first kappa shape index (κ1) is 10.1. The monoisotopic (exact) mass is 227 g/mol. The summed E-state index contributed by atoms with van der Waals surface area (Å²) in [6.45, 7) is 0. The van der Waals surface area contributed by atoms with Crippen molar-refractivity contribution in [2.45, 2.75) is 6.04 Å². The molecule has 1 aromatic heterocycles. The summed E-state index contributed by atoms with van der Waals surface area (Å²) in [6.07, 6.45) is 1.16. The Morgan fingerprint density at radius 3 is 2.80 bits per heavy atom. The van der Waals surface area contributed by atoms with E-state index >= 15 is 0 Å². The van der Waals surface area contributed by atoms with Gasteiger partial charge in [0.05, 0.1) is 6.04 Å². The Labute approximate surface area is 89.8 Å². The van der Waals surface area contributed by atoms with Gasteiger partial charge in [0.15, 0.2) is 5.82 Å². The molecular weight excluding hydrogens is 221 g/mol. The van der Waals surface area contributed by atoms with Gasteiger partial charge in [0.2, 0.25) is 6.39 Å². The average Bonchev–Trinajstić information content (AvgIpc) is 2.67. The third-order valence-electron chi connectivity index (χ3n) is 1.90. The molecule has 0 fully saturated rings. The van der Waals surface area contributed by atoms with E-state index in [0.29, 0.717) is 5.56 Å². The van der Waals surface area contributed by atoms with Gasteiger partial charge in [-0.15, -0.1) is 0 Å². The Kier molecular flexibility index (Phi) is 2.66. The van der Waals surface area contributed by atoms with Crippen LogP contribution in [-0.4, -0.2) is 10.1 Å². The van der Waals surface area contributed by atoms with Crippen molar-refractivity contribution in [2.75, 3.05) is 0 Å². The number of nitrogens with two attached hydrogens (primary N) is 1. The first-order valence-electron chi connectivity index (χ1n) is 4.14. The molecule has 2 N–H and O–H groups in total. The fourth-order valence-corrected chi connectivity index (χ4v) is 1.45. The average molecular weight is 228 g/mol. The number of benzene rings is 1. The molecule has 1 unspecified atom stereocenters. The lowest BCUT2D eigenvalue weighted by Gasteiger charge is -2.07. The Morgan fingerprint density at radius 1 is 1.40 bits per heavy atom. The smallest absolute Gasteiger partial charge is 0.213 e. The molecule has 1 atom stereocenters. The van der Waals surface area contributed by atoms with Gasteiger partial charge in [-0.2, -0.15) is 4.98 Å². The zero-order valence-electron chi connectivity index (χ0n) is 7.52. The number of halogens is 2. The largest absolute Gasteiger partial charge is 0.343 e. The quantitative estimate of drug-likeness (QED) is 0.851. The third-order valence-corrected chi connectivity index (χ3v) is 2.12. The van der Waals surface area contributed by atoms with Gasteiger partial charge in [-0.1, -0.05) is 16.8 Å². The lowest BCUT2D eigenvalue weighted by Crippen LogP contribution is -2.13. The molecule has 4 nitrogen and oxygen atoms in total. The summed E-state index contributed by atoms with van der Waals surface area (Å²) in [5.74, 6) is -0.159. The highest BCUT2D eigenvalue weighted by molar-refractivity contribution is 6.30. The zero-order chi connectivity index (χ0) is 10.8. The van der Waals surface area contributed by atoms with Gasteiger partial charge in [-0.05, 0) is 23.8 Å². The Balaban J connectivity index is 2.37. The minimum Gasteiger partial charge on any atom is -0.343 e. The molecule has 0 saturated heterocycles. The fraction of sp³-hybridized carbons (Fsp3) is 0.111. The van der Waals surface area contributed by atoms with E-state index in [2.05, 4.69) is 14.7 Å². The van der Waals surface area contributed by atoms with E-state index < -0.39 is 11.9 Å². The summed E-state index contributed by atoms with van der Waals surface area (Å²) >= 11 is 5.70. The van der Waals surface area contributed by atoms with Crippen LogP contribution in [0.15, 0.2) is 29.1 Å². The van der Waals surface area contributed by atoms with Crippen LogP contribution in [0.5, 0.6) is 0 Å². The van der Waals surface area contributed by atoms with E-state index in [4.69, 9.17) is 17.3 Å². The zero-order valence-corrected chi connectivity index (χ0v) is 8.28. The van der Waals surface area contributed by atoms with Crippen molar-refractivity contribution in [1.82, 2.24) is 10.1 Å². The summed E-state index contributed by atoms with van der Waals surface area (Å²) in [5.41, 5.74) is 6.29. The fourth-order valence-electron chi connectivity index (χ4n) is 1.22. The number of rotatable bonds is 2. The summed E-state index contributed by atoms with van der Waals surface area (Å²) < 4.78 is 17.6. The van der Waals surface area contributed by atoms with Crippen LogP contribution in [0.2, 0.25) is 5.02 Å². The van der Waals surface area contributed by atoms with Crippen molar-refractivity contribution >= 4 is 11.6 Å². The van der Waals surface area contributed by atoms with E-state index in [9.17, 15) is 4.39 Å². The molecule has 6 heteroatoms. The molecule has 1 aromatic carbocycles. The molecule has 0 saturated carbocycles. The van der Waals surface area contributed by atoms with Crippen LogP contribution in [0.25, 0.3) is 0 Å². The normalized spacial score (nSPS) is 12.7. The van der Waals surface area contributed by atoms with Crippen LogP contribution in [0.1, 0.15) is 17.4 Å². The number of nitrogens with zero attached hydrogens (tertiary/aromatic N) is 2. The van der Waals surface area contributed by atoms with Gasteiger partial charge in [-0.25, -0.2) is 4.39 Å². The topological polar surface area (TPSA) is 64.9 Å². The molecule has 0 aliphatic carbocycles. The molecule has 0 aliphatic rings. The second-order valence-corrected chi connectivity index (χ2v) is 3.41. The lowest BCUT2D eigenvalue weighted by molar-refractivity contribution is 0.407. The van der Waals surface area contributed by atoms with Crippen LogP contribution in [0, 0.1) is 5.82 Å². The lowest BCUT2D eigenvalue weighted by atomic mass is 10.1. The van der Waals surface area contributed by atoms with Crippen molar-refractivity contribution in [2.24, 2.45) is 5.73 Å². The predicted octanol–water partition coefficient (Wildman–Crippen LogP) is 1.91. The van der Waals surface area contributed by atoms with Crippen LogP contribution in [0.3, 0.4) is 0 Å². The Bertz CT molecular complexity index is 440. The van der Waals surface area contributed by atoms with E-state index in [1.807, 2.05) is 0 Å². The molecule has 0 bridgehead atoms. The van der Waals surface area contributed by atoms with Gasteiger partial charge in [-0.3, -0.25) is 0 Å². The Morgan fingerprint density at radius 2 is 2.20 bits per heavy atom. The third kappa shape index (κ3) is 2.14.